The molecule has 0 bridgehead atoms. The summed E-state index contributed by atoms with van der Waals surface area (Å²) in [5, 5.41) is 16.1. The van der Waals surface area contributed by atoms with Gasteiger partial charge in [-0.1, -0.05) is 6.07 Å². The molecule has 0 spiro atoms. The Bertz CT molecular complexity index is 445. The van der Waals surface area contributed by atoms with E-state index in [1.807, 2.05) is 13.0 Å². The molecule has 98 valence electrons. The molecular weight excluding hydrogens is 228 g/mol. The van der Waals surface area contributed by atoms with Crippen LogP contribution in [0.15, 0.2) is 18.2 Å². The van der Waals surface area contributed by atoms with Gasteiger partial charge in [-0.05, 0) is 50.9 Å². The number of carbonyl (C=O) groups excluding carboxylic acids is 1. The molecule has 2 atom stereocenters. The number of nitrogens with one attached hydrogen (secondary N) is 2. The van der Waals surface area contributed by atoms with Crippen molar-refractivity contribution in [3.8, 4) is 5.75 Å². The van der Waals surface area contributed by atoms with Gasteiger partial charge in [0.2, 0.25) is 0 Å². The Labute approximate surface area is 107 Å². The van der Waals surface area contributed by atoms with Gasteiger partial charge in [0.1, 0.15) is 5.75 Å². The van der Waals surface area contributed by atoms with Crippen LogP contribution in [-0.2, 0) is 0 Å². The van der Waals surface area contributed by atoms with Gasteiger partial charge in [0.25, 0.3) is 5.91 Å². The van der Waals surface area contributed by atoms with Gasteiger partial charge >= 0.3 is 0 Å². The molecule has 3 N–H and O–H groups in total. The van der Waals surface area contributed by atoms with Crippen LogP contribution >= 0.6 is 0 Å². The quantitative estimate of drug-likeness (QED) is 0.744. The summed E-state index contributed by atoms with van der Waals surface area (Å²) >= 11 is 0. The van der Waals surface area contributed by atoms with Crippen molar-refractivity contribution in [2.45, 2.75) is 38.8 Å². The second kappa shape index (κ2) is 5.40. The average molecular weight is 248 g/mol. The second-order valence-electron chi connectivity index (χ2n) is 4.99. The average Bonchev–Trinajstić information content (AvgIpc) is 2.32. The van der Waals surface area contributed by atoms with Crippen molar-refractivity contribution in [1.29, 1.82) is 0 Å². The summed E-state index contributed by atoms with van der Waals surface area (Å²) in [6, 6.07) is 5.51. The van der Waals surface area contributed by atoms with E-state index in [0.717, 1.165) is 24.9 Å². The first-order valence-corrected chi connectivity index (χ1v) is 6.42. The minimum absolute atomic E-state index is 0.0453. The molecule has 1 heterocycles. The van der Waals surface area contributed by atoms with E-state index in [1.54, 1.807) is 12.1 Å². The number of hydrogen-bond acceptors (Lipinski definition) is 3. The first-order chi connectivity index (χ1) is 8.58. The van der Waals surface area contributed by atoms with Gasteiger partial charge in [0, 0.05) is 12.1 Å². The van der Waals surface area contributed by atoms with Crippen molar-refractivity contribution in [1.82, 2.24) is 10.6 Å². The SMILES string of the molecule is Cc1ccc(C(=O)NC2CCCNC2C)c(O)c1. The van der Waals surface area contributed by atoms with Crippen LogP contribution in [0.4, 0.5) is 0 Å². The molecule has 1 fully saturated rings. The van der Waals surface area contributed by atoms with Gasteiger partial charge in [-0.2, -0.15) is 0 Å². The lowest BCUT2D eigenvalue weighted by Gasteiger charge is -2.30. The van der Waals surface area contributed by atoms with E-state index in [0.29, 0.717) is 5.56 Å². The van der Waals surface area contributed by atoms with Gasteiger partial charge in [-0.25, -0.2) is 0 Å². The maximum atomic E-state index is 12.1. The number of phenols is 1. The molecule has 1 aromatic rings. The number of rotatable bonds is 2. The smallest absolute Gasteiger partial charge is 0.255 e. The molecule has 1 aliphatic heterocycles. The van der Waals surface area contributed by atoms with E-state index in [1.165, 1.54) is 0 Å². The summed E-state index contributed by atoms with van der Waals surface area (Å²) in [5.74, 6) is -0.156. The highest BCUT2D eigenvalue weighted by Gasteiger charge is 2.23. The fourth-order valence-corrected chi connectivity index (χ4v) is 2.32. The third-order valence-corrected chi connectivity index (χ3v) is 3.48. The number of hydrogen-bond donors (Lipinski definition) is 3. The Morgan fingerprint density at radius 3 is 2.94 bits per heavy atom. The molecule has 1 aromatic carbocycles. The van der Waals surface area contributed by atoms with Crippen LogP contribution in [0.3, 0.4) is 0 Å². The molecule has 2 unspecified atom stereocenters. The van der Waals surface area contributed by atoms with Gasteiger partial charge in [0.15, 0.2) is 0 Å². The zero-order chi connectivity index (χ0) is 13.1. The molecule has 0 saturated carbocycles. The van der Waals surface area contributed by atoms with Crippen molar-refractivity contribution < 1.29 is 9.90 Å². The fourth-order valence-electron chi connectivity index (χ4n) is 2.32. The summed E-state index contributed by atoms with van der Waals surface area (Å²) in [5.41, 5.74) is 1.29. The Balaban J connectivity index is 2.07. The summed E-state index contributed by atoms with van der Waals surface area (Å²) in [4.78, 5) is 12.1. The maximum Gasteiger partial charge on any atom is 0.255 e. The lowest BCUT2D eigenvalue weighted by molar-refractivity contribution is 0.0917. The van der Waals surface area contributed by atoms with Crippen molar-refractivity contribution in [3.63, 3.8) is 0 Å². The van der Waals surface area contributed by atoms with E-state index in [-0.39, 0.29) is 23.7 Å². The molecular formula is C14H20N2O2. The highest BCUT2D eigenvalue weighted by atomic mass is 16.3. The van der Waals surface area contributed by atoms with Crippen LogP contribution in [0.1, 0.15) is 35.7 Å². The highest BCUT2D eigenvalue weighted by Crippen LogP contribution is 2.19. The van der Waals surface area contributed by atoms with Crippen LogP contribution in [0.2, 0.25) is 0 Å². The zero-order valence-corrected chi connectivity index (χ0v) is 10.9. The lowest BCUT2D eigenvalue weighted by Crippen LogP contribution is -2.51. The molecule has 0 aliphatic carbocycles. The Morgan fingerprint density at radius 1 is 1.50 bits per heavy atom. The molecule has 4 heteroatoms. The van der Waals surface area contributed by atoms with E-state index >= 15 is 0 Å². The number of carbonyl (C=O) groups is 1. The molecule has 4 nitrogen and oxygen atoms in total. The third kappa shape index (κ3) is 2.82. The summed E-state index contributed by atoms with van der Waals surface area (Å²) in [7, 11) is 0. The predicted molar refractivity (Wildman–Crippen MR) is 70.8 cm³/mol. The standard InChI is InChI=1S/C14H20N2O2/c1-9-5-6-11(13(17)8-9)14(18)16-12-4-3-7-15-10(12)2/h5-6,8,10,12,15,17H,3-4,7H2,1-2H3,(H,16,18). The van der Waals surface area contributed by atoms with E-state index in [9.17, 15) is 9.90 Å². The first kappa shape index (κ1) is 12.9. The fraction of sp³-hybridized carbons (Fsp3) is 0.500. The van der Waals surface area contributed by atoms with E-state index in [4.69, 9.17) is 0 Å². The number of benzene rings is 1. The summed E-state index contributed by atoms with van der Waals surface area (Å²) in [6.07, 6.45) is 2.04. The Hall–Kier alpha value is -1.55. The minimum Gasteiger partial charge on any atom is -0.507 e. The van der Waals surface area contributed by atoms with Crippen molar-refractivity contribution in [2.24, 2.45) is 0 Å². The molecule has 1 aliphatic rings. The maximum absolute atomic E-state index is 12.1. The van der Waals surface area contributed by atoms with Crippen LogP contribution in [0.25, 0.3) is 0 Å². The topological polar surface area (TPSA) is 61.4 Å². The molecule has 0 aromatic heterocycles. The molecule has 1 saturated heterocycles. The normalized spacial score (nSPS) is 23.7. The number of aromatic hydroxyl groups is 1. The second-order valence-corrected chi connectivity index (χ2v) is 4.99. The Kier molecular flexibility index (Phi) is 3.87. The lowest BCUT2D eigenvalue weighted by atomic mass is 9.99. The Morgan fingerprint density at radius 2 is 2.28 bits per heavy atom. The number of phenolic OH excluding ortho intramolecular Hbond substituents is 1. The minimum atomic E-state index is -0.201. The molecule has 18 heavy (non-hydrogen) atoms. The van der Waals surface area contributed by atoms with Gasteiger partial charge in [0.05, 0.1) is 5.56 Å². The molecule has 1 amide bonds. The van der Waals surface area contributed by atoms with E-state index < -0.39 is 0 Å². The third-order valence-electron chi connectivity index (χ3n) is 3.48. The molecule has 0 radical (unpaired) electrons. The van der Waals surface area contributed by atoms with Crippen LogP contribution in [0.5, 0.6) is 5.75 Å². The van der Waals surface area contributed by atoms with Crippen molar-refractivity contribution >= 4 is 5.91 Å². The van der Waals surface area contributed by atoms with Crippen LogP contribution < -0.4 is 10.6 Å². The van der Waals surface area contributed by atoms with Gasteiger partial charge in [-0.15, -0.1) is 0 Å². The van der Waals surface area contributed by atoms with Gasteiger partial charge in [-0.3, -0.25) is 4.79 Å². The monoisotopic (exact) mass is 248 g/mol. The van der Waals surface area contributed by atoms with Crippen molar-refractivity contribution in [3.05, 3.63) is 29.3 Å². The predicted octanol–water partition coefficient (Wildman–Crippen LogP) is 1.57. The summed E-state index contributed by atoms with van der Waals surface area (Å²) < 4.78 is 0. The highest BCUT2D eigenvalue weighted by molar-refractivity contribution is 5.97. The van der Waals surface area contributed by atoms with Crippen LogP contribution in [0, 0.1) is 6.92 Å². The van der Waals surface area contributed by atoms with E-state index in [2.05, 4.69) is 17.6 Å². The summed E-state index contributed by atoms with van der Waals surface area (Å²) in [6.45, 7) is 4.96. The van der Waals surface area contributed by atoms with Gasteiger partial charge < -0.3 is 15.7 Å². The molecule has 2 rings (SSSR count). The zero-order valence-electron chi connectivity index (χ0n) is 10.9. The number of aryl methyl sites for hydroxylation is 1. The van der Waals surface area contributed by atoms with Crippen molar-refractivity contribution in [2.75, 3.05) is 6.54 Å². The van der Waals surface area contributed by atoms with Crippen LogP contribution in [-0.4, -0.2) is 29.6 Å². The number of piperidine rings is 1. The number of amides is 1. The first-order valence-electron chi connectivity index (χ1n) is 6.42. The largest absolute Gasteiger partial charge is 0.507 e.